The number of hydrogen-bond acceptors (Lipinski definition) is 3. The maximum Gasteiger partial charge on any atom is 0.191 e. The summed E-state index contributed by atoms with van der Waals surface area (Å²) in [6, 6.07) is 11.2. The first-order valence-electron chi connectivity index (χ1n) is 9.51. The van der Waals surface area contributed by atoms with Gasteiger partial charge in [-0.2, -0.15) is 0 Å². The van der Waals surface area contributed by atoms with Crippen LogP contribution in [0.5, 0.6) is 0 Å². The largest absolute Gasteiger partial charge is 0.355 e. The molecule has 1 saturated heterocycles. The quantitative estimate of drug-likeness (QED) is 0.565. The van der Waals surface area contributed by atoms with Crippen LogP contribution in [0.4, 0.5) is 0 Å². The second-order valence-corrected chi connectivity index (χ2v) is 10.1. The molecule has 2 unspecified atom stereocenters. The van der Waals surface area contributed by atoms with Crippen molar-refractivity contribution in [3.63, 3.8) is 0 Å². The number of nitrogens with zero attached hydrogens (tertiary/aromatic N) is 2. The van der Waals surface area contributed by atoms with Crippen molar-refractivity contribution in [1.29, 1.82) is 0 Å². The molecule has 1 aliphatic heterocycles. The third kappa shape index (κ3) is 6.72. The van der Waals surface area contributed by atoms with Crippen molar-refractivity contribution in [2.75, 3.05) is 32.4 Å². The number of aliphatic imine (C=N–C) groups is 1. The lowest BCUT2D eigenvalue weighted by atomic mass is 10.2. The van der Waals surface area contributed by atoms with Crippen LogP contribution in [0.2, 0.25) is 0 Å². The number of nitrogens with one attached hydrogen (secondary N) is 2. The molecular formula is C20H34N4OS. The molecule has 6 heteroatoms. The Balaban J connectivity index is 1.75. The van der Waals surface area contributed by atoms with Crippen LogP contribution in [-0.2, 0) is 17.3 Å². The van der Waals surface area contributed by atoms with E-state index in [0.717, 1.165) is 25.6 Å². The number of guanidine groups is 1. The molecule has 5 nitrogen and oxygen atoms in total. The average molecular weight is 379 g/mol. The van der Waals surface area contributed by atoms with E-state index in [1.807, 2.05) is 20.8 Å². The van der Waals surface area contributed by atoms with Gasteiger partial charge in [0.25, 0.3) is 0 Å². The van der Waals surface area contributed by atoms with Gasteiger partial charge in [0.2, 0.25) is 0 Å². The van der Waals surface area contributed by atoms with E-state index in [2.05, 4.69) is 50.9 Å². The van der Waals surface area contributed by atoms with Gasteiger partial charge in [0.1, 0.15) is 0 Å². The monoisotopic (exact) mass is 378 g/mol. The Kier molecular flexibility index (Phi) is 8.10. The summed E-state index contributed by atoms with van der Waals surface area (Å²) < 4.78 is 12.0. The molecule has 2 atom stereocenters. The van der Waals surface area contributed by atoms with Crippen molar-refractivity contribution in [1.82, 2.24) is 15.5 Å². The van der Waals surface area contributed by atoms with Crippen LogP contribution < -0.4 is 10.6 Å². The van der Waals surface area contributed by atoms with Crippen LogP contribution in [0.15, 0.2) is 35.3 Å². The Morgan fingerprint density at radius 1 is 1.27 bits per heavy atom. The molecular weight excluding hydrogens is 344 g/mol. The lowest BCUT2D eigenvalue weighted by Gasteiger charge is -2.25. The second kappa shape index (κ2) is 10.1. The Morgan fingerprint density at radius 3 is 2.65 bits per heavy atom. The van der Waals surface area contributed by atoms with E-state index in [-0.39, 0.29) is 4.75 Å². The van der Waals surface area contributed by atoms with E-state index in [1.165, 1.54) is 18.4 Å². The second-order valence-electron chi connectivity index (χ2n) is 7.79. The van der Waals surface area contributed by atoms with Gasteiger partial charge in [0, 0.05) is 54.0 Å². The van der Waals surface area contributed by atoms with Crippen molar-refractivity contribution in [3.05, 3.63) is 35.9 Å². The lowest BCUT2D eigenvalue weighted by molar-refractivity contribution is 0.245. The lowest BCUT2D eigenvalue weighted by Crippen LogP contribution is -2.45. The van der Waals surface area contributed by atoms with Gasteiger partial charge in [-0.1, -0.05) is 30.3 Å². The Hall–Kier alpha value is -1.40. The molecule has 2 rings (SSSR count). The van der Waals surface area contributed by atoms with Crippen LogP contribution in [0.3, 0.4) is 0 Å². The Morgan fingerprint density at radius 2 is 2.00 bits per heavy atom. The molecule has 0 amide bonds. The van der Waals surface area contributed by atoms with Gasteiger partial charge < -0.3 is 10.6 Å². The van der Waals surface area contributed by atoms with Crippen molar-refractivity contribution >= 4 is 16.8 Å². The van der Waals surface area contributed by atoms with E-state index in [9.17, 15) is 4.21 Å². The van der Waals surface area contributed by atoms with E-state index < -0.39 is 10.8 Å². The minimum absolute atomic E-state index is 0.166. The molecule has 0 radical (unpaired) electrons. The molecule has 0 aromatic heterocycles. The van der Waals surface area contributed by atoms with Crippen LogP contribution in [0.25, 0.3) is 0 Å². The fourth-order valence-corrected chi connectivity index (χ4v) is 4.06. The normalized spacial score (nSPS) is 20.2. The predicted molar refractivity (Wildman–Crippen MR) is 112 cm³/mol. The fourth-order valence-electron chi connectivity index (χ4n) is 3.16. The number of likely N-dealkylation sites (tertiary alicyclic amines) is 1. The van der Waals surface area contributed by atoms with Gasteiger partial charge in [-0.05, 0) is 45.7 Å². The molecule has 1 fully saturated rings. The molecule has 1 aromatic carbocycles. The minimum atomic E-state index is -0.844. The summed E-state index contributed by atoms with van der Waals surface area (Å²) in [4.78, 5) is 6.84. The van der Waals surface area contributed by atoms with Crippen molar-refractivity contribution in [2.24, 2.45) is 4.99 Å². The molecule has 26 heavy (non-hydrogen) atoms. The van der Waals surface area contributed by atoms with Crippen molar-refractivity contribution in [3.8, 4) is 0 Å². The number of benzene rings is 1. The zero-order valence-corrected chi connectivity index (χ0v) is 17.4. The van der Waals surface area contributed by atoms with Gasteiger partial charge in [-0.3, -0.25) is 14.1 Å². The van der Waals surface area contributed by atoms with E-state index in [0.29, 0.717) is 18.3 Å². The standard InChI is InChI=1S/C20H34N4OS/c1-20(2,3)26(25)14-12-22-19(21-4)23-15-18-11-8-13-24(18)16-17-9-6-5-7-10-17/h5-7,9-10,18H,8,11-16H2,1-4H3,(H2,21,22,23). The molecule has 0 aliphatic carbocycles. The molecule has 0 spiro atoms. The third-order valence-corrected chi connectivity index (χ3v) is 6.66. The molecule has 1 heterocycles. The first-order valence-corrected chi connectivity index (χ1v) is 10.8. The maximum absolute atomic E-state index is 12.1. The van der Waals surface area contributed by atoms with Gasteiger partial charge in [0.05, 0.1) is 0 Å². The van der Waals surface area contributed by atoms with Crippen LogP contribution >= 0.6 is 0 Å². The maximum atomic E-state index is 12.1. The molecule has 146 valence electrons. The average Bonchev–Trinajstić information content (AvgIpc) is 3.04. The third-order valence-electron chi connectivity index (χ3n) is 4.72. The smallest absolute Gasteiger partial charge is 0.191 e. The van der Waals surface area contributed by atoms with Crippen LogP contribution in [-0.4, -0.2) is 58.3 Å². The topological polar surface area (TPSA) is 56.7 Å². The summed E-state index contributed by atoms with van der Waals surface area (Å²) in [5.41, 5.74) is 1.37. The molecule has 1 aliphatic rings. The SMILES string of the molecule is CN=C(NCCS(=O)C(C)(C)C)NCC1CCCN1Cc1ccccc1. The van der Waals surface area contributed by atoms with Gasteiger partial charge in [-0.15, -0.1) is 0 Å². The highest BCUT2D eigenvalue weighted by molar-refractivity contribution is 7.86. The van der Waals surface area contributed by atoms with Crippen LogP contribution in [0.1, 0.15) is 39.2 Å². The van der Waals surface area contributed by atoms with Crippen molar-refractivity contribution < 1.29 is 4.21 Å². The van der Waals surface area contributed by atoms with E-state index in [4.69, 9.17) is 0 Å². The Labute approximate surface area is 161 Å². The first-order chi connectivity index (χ1) is 12.4. The van der Waals surface area contributed by atoms with E-state index in [1.54, 1.807) is 7.05 Å². The summed E-state index contributed by atoms with van der Waals surface area (Å²) in [5.74, 6) is 1.43. The zero-order chi connectivity index (χ0) is 19.0. The molecule has 0 bridgehead atoms. The van der Waals surface area contributed by atoms with Gasteiger partial charge in [0.15, 0.2) is 5.96 Å². The summed E-state index contributed by atoms with van der Waals surface area (Å²) in [5, 5.41) is 6.73. The highest BCUT2D eigenvalue weighted by Crippen LogP contribution is 2.19. The highest BCUT2D eigenvalue weighted by atomic mass is 32.2. The first kappa shape index (κ1) is 20.9. The van der Waals surface area contributed by atoms with E-state index >= 15 is 0 Å². The molecule has 0 saturated carbocycles. The molecule has 1 aromatic rings. The predicted octanol–water partition coefficient (Wildman–Crippen LogP) is 2.36. The minimum Gasteiger partial charge on any atom is -0.355 e. The number of hydrogen-bond donors (Lipinski definition) is 2. The van der Waals surface area contributed by atoms with Gasteiger partial charge in [-0.25, -0.2) is 0 Å². The highest BCUT2D eigenvalue weighted by Gasteiger charge is 2.24. The fraction of sp³-hybridized carbons (Fsp3) is 0.650. The summed E-state index contributed by atoms with van der Waals surface area (Å²) >= 11 is 0. The summed E-state index contributed by atoms with van der Waals surface area (Å²) in [6.07, 6.45) is 2.46. The number of rotatable bonds is 7. The molecule has 2 N–H and O–H groups in total. The van der Waals surface area contributed by atoms with Crippen molar-refractivity contribution in [2.45, 2.75) is 50.9 Å². The zero-order valence-electron chi connectivity index (χ0n) is 16.6. The summed E-state index contributed by atoms with van der Waals surface area (Å²) in [7, 11) is 0.941. The summed E-state index contributed by atoms with van der Waals surface area (Å²) in [6.45, 7) is 9.74. The van der Waals surface area contributed by atoms with Crippen LogP contribution in [0, 0.1) is 0 Å². The Bertz CT molecular complexity index is 598. The van der Waals surface area contributed by atoms with Gasteiger partial charge >= 0.3 is 0 Å².